The number of imidazole rings is 1. The van der Waals surface area contributed by atoms with E-state index < -0.39 is 5.69 Å². The summed E-state index contributed by atoms with van der Waals surface area (Å²) in [5.41, 5.74) is 0.776. The highest BCUT2D eigenvalue weighted by Gasteiger charge is 2.08. The summed E-state index contributed by atoms with van der Waals surface area (Å²) in [7, 11) is 0. The number of rotatable bonds is 0. The number of fused-ring (bicyclic) bond motifs is 1. The third-order valence-corrected chi connectivity index (χ3v) is 2.29. The van der Waals surface area contributed by atoms with E-state index in [1.165, 1.54) is 0 Å². The Bertz CT molecular complexity index is 444. The minimum atomic E-state index is -0.445. The Morgan fingerprint density at radius 3 is 1.83 bits per heavy atom. The van der Waals surface area contributed by atoms with E-state index in [-0.39, 0.29) is 0 Å². The van der Waals surface area contributed by atoms with Crippen molar-refractivity contribution >= 4 is 34.6 Å². The lowest BCUT2D eigenvalue weighted by Gasteiger charge is -1.87. The summed E-state index contributed by atoms with van der Waals surface area (Å²) < 4.78 is 1.98. The summed E-state index contributed by atoms with van der Waals surface area (Å²) in [6, 6.07) is 7.03. The van der Waals surface area contributed by atoms with Crippen LogP contribution in [0.5, 0.6) is 0 Å². The summed E-state index contributed by atoms with van der Waals surface area (Å²) in [6.07, 6.45) is 0. The molecule has 12 heavy (non-hydrogen) atoms. The molecule has 0 fully saturated rings. The van der Waals surface area contributed by atoms with Gasteiger partial charge < -0.3 is 0 Å². The van der Waals surface area contributed by atoms with Crippen LogP contribution in [0.4, 0.5) is 0 Å². The third kappa shape index (κ3) is 0.869. The number of hydrogen-bond donors (Lipinski definition) is 0. The molecule has 0 aliphatic carbocycles. The molecule has 1 aromatic carbocycles. The predicted molar refractivity (Wildman–Crippen MR) is 48.7 cm³/mol. The Kier molecular flexibility index (Phi) is 1.63. The van der Waals surface area contributed by atoms with E-state index in [4.69, 9.17) is 23.6 Å². The zero-order valence-corrected chi connectivity index (χ0v) is 7.38. The molecule has 0 radical (unpaired) electrons. The highest BCUT2D eigenvalue weighted by molar-refractivity contribution is 6.22. The van der Waals surface area contributed by atoms with Gasteiger partial charge in [-0.2, -0.15) is 8.17 Å². The van der Waals surface area contributed by atoms with Gasteiger partial charge in [0.1, 0.15) is 0 Å². The Morgan fingerprint density at radius 1 is 1.00 bits per heavy atom. The Balaban J connectivity index is 3.09. The molecule has 3 nitrogen and oxygen atoms in total. The number of para-hydroxylation sites is 2. The minimum Gasteiger partial charge on any atom is -0.245 e. The molecule has 2 aromatic rings. The lowest BCUT2D eigenvalue weighted by molar-refractivity contribution is 1.08. The molecule has 1 aromatic heterocycles. The van der Waals surface area contributed by atoms with Crippen molar-refractivity contribution in [1.82, 2.24) is 8.17 Å². The summed E-state index contributed by atoms with van der Waals surface area (Å²) in [6.45, 7) is 0. The first-order chi connectivity index (χ1) is 5.72. The van der Waals surface area contributed by atoms with E-state index in [2.05, 4.69) is 0 Å². The van der Waals surface area contributed by atoms with Gasteiger partial charge in [0.15, 0.2) is 0 Å². The second-order valence-corrected chi connectivity index (χ2v) is 3.01. The maximum atomic E-state index is 11.2. The second kappa shape index (κ2) is 2.54. The predicted octanol–water partition coefficient (Wildman–Crippen LogP) is 1.81. The quantitative estimate of drug-likeness (QED) is 0.641. The van der Waals surface area contributed by atoms with E-state index in [9.17, 15) is 4.79 Å². The molecule has 0 aliphatic heterocycles. The fourth-order valence-electron chi connectivity index (χ4n) is 1.08. The van der Waals surface area contributed by atoms with Crippen LogP contribution in [0.3, 0.4) is 0 Å². The molecule has 0 bridgehead atoms. The molecule has 5 heteroatoms. The number of nitrogens with zero attached hydrogens (tertiary/aromatic N) is 2. The standard InChI is InChI=1S/C7H4Cl2N2O/c8-10-5-3-1-2-4-6(5)11(9)7(10)12/h1-4H. The first-order valence-electron chi connectivity index (χ1n) is 3.26. The summed E-state index contributed by atoms with van der Waals surface area (Å²) in [5.74, 6) is 0. The fourth-order valence-corrected chi connectivity index (χ4v) is 1.56. The van der Waals surface area contributed by atoms with Gasteiger partial charge in [0.05, 0.1) is 11.0 Å². The van der Waals surface area contributed by atoms with Crippen LogP contribution in [0.15, 0.2) is 29.1 Å². The summed E-state index contributed by atoms with van der Waals surface area (Å²) in [4.78, 5) is 11.2. The average Bonchev–Trinajstić information content (AvgIpc) is 2.33. The summed E-state index contributed by atoms with van der Waals surface area (Å²) >= 11 is 11.3. The van der Waals surface area contributed by atoms with Gasteiger partial charge in [0.2, 0.25) is 0 Å². The first kappa shape index (κ1) is 7.71. The largest absolute Gasteiger partial charge is 0.358 e. The van der Waals surface area contributed by atoms with Gasteiger partial charge in [-0.3, -0.25) is 0 Å². The van der Waals surface area contributed by atoms with E-state index >= 15 is 0 Å². The van der Waals surface area contributed by atoms with Gasteiger partial charge >= 0.3 is 5.69 Å². The van der Waals surface area contributed by atoms with Crippen molar-refractivity contribution in [3.8, 4) is 0 Å². The highest BCUT2D eigenvalue weighted by Crippen LogP contribution is 2.13. The first-order valence-corrected chi connectivity index (χ1v) is 3.94. The van der Waals surface area contributed by atoms with Gasteiger partial charge in [-0.15, -0.1) is 0 Å². The van der Waals surface area contributed by atoms with E-state index in [0.717, 1.165) is 8.17 Å². The van der Waals surface area contributed by atoms with Crippen LogP contribution in [0, 0.1) is 0 Å². The van der Waals surface area contributed by atoms with Crippen molar-refractivity contribution in [2.24, 2.45) is 0 Å². The number of halogens is 2. The molecular formula is C7H4Cl2N2O. The maximum Gasteiger partial charge on any atom is 0.358 e. The second-order valence-electron chi connectivity index (χ2n) is 2.33. The zero-order valence-electron chi connectivity index (χ0n) is 5.87. The molecule has 62 valence electrons. The van der Waals surface area contributed by atoms with Gasteiger partial charge in [-0.25, -0.2) is 4.79 Å². The molecule has 0 saturated heterocycles. The van der Waals surface area contributed by atoms with Crippen molar-refractivity contribution in [3.05, 3.63) is 34.7 Å². The molecule has 0 aliphatic rings. The Hall–Kier alpha value is -0.930. The molecule has 0 atom stereocenters. The number of benzene rings is 1. The van der Waals surface area contributed by atoms with Gasteiger partial charge in [0.25, 0.3) is 0 Å². The minimum absolute atomic E-state index is 0.445. The normalized spacial score (nSPS) is 10.8. The van der Waals surface area contributed by atoms with Crippen molar-refractivity contribution in [2.75, 3.05) is 0 Å². The lowest BCUT2D eigenvalue weighted by atomic mass is 10.3. The van der Waals surface area contributed by atoms with Crippen LogP contribution in [-0.4, -0.2) is 8.17 Å². The highest BCUT2D eigenvalue weighted by atomic mass is 35.5. The van der Waals surface area contributed by atoms with Gasteiger partial charge in [-0.1, -0.05) is 12.1 Å². The van der Waals surface area contributed by atoms with Crippen LogP contribution in [0.1, 0.15) is 0 Å². The Labute approximate surface area is 78.0 Å². The number of hydrogen-bond acceptors (Lipinski definition) is 1. The Morgan fingerprint density at radius 2 is 1.42 bits per heavy atom. The molecule has 1 heterocycles. The molecule has 2 rings (SSSR count). The van der Waals surface area contributed by atoms with E-state index in [0.29, 0.717) is 11.0 Å². The van der Waals surface area contributed by atoms with Crippen LogP contribution in [-0.2, 0) is 0 Å². The van der Waals surface area contributed by atoms with Crippen molar-refractivity contribution in [3.63, 3.8) is 0 Å². The monoisotopic (exact) mass is 202 g/mol. The molecule has 0 saturated carbocycles. The maximum absolute atomic E-state index is 11.2. The van der Waals surface area contributed by atoms with Crippen molar-refractivity contribution in [1.29, 1.82) is 0 Å². The lowest BCUT2D eigenvalue weighted by Crippen LogP contribution is -2.13. The summed E-state index contributed by atoms with van der Waals surface area (Å²) in [5, 5.41) is 0. The van der Waals surface area contributed by atoms with Crippen molar-refractivity contribution in [2.45, 2.75) is 0 Å². The molecule has 0 N–H and O–H groups in total. The van der Waals surface area contributed by atoms with Gasteiger partial charge in [0, 0.05) is 23.6 Å². The zero-order chi connectivity index (χ0) is 8.72. The fraction of sp³-hybridized carbons (Fsp3) is 0. The van der Waals surface area contributed by atoms with Crippen molar-refractivity contribution < 1.29 is 0 Å². The SMILES string of the molecule is O=c1n(Cl)c2ccccc2n1Cl. The topological polar surface area (TPSA) is 26.9 Å². The van der Waals surface area contributed by atoms with Crippen LogP contribution in [0.25, 0.3) is 11.0 Å². The number of aromatic nitrogens is 2. The molecule has 0 unspecified atom stereocenters. The molecule has 0 spiro atoms. The average molecular weight is 203 g/mol. The van der Waals surface area contributed by atoms with Crippen LogP contribution >= 0.6 is 23.6 Å². The smallest absolute Gasteiger partial charge is 0.245 e. The third-order valence-electron chi connectivity index (χ3n) is 1.64. The van der Waals surface area contributed by atoms with Gasteiger partial charge in [-0.05, 0) is 12.1 Å². The van der Waals surface area contributed by atoms with E-state index in [1.54, 1.807) is 24.3 Å². The molecule has 0 amide bonds. The van der Waals surface area contributed by atoms with Crippen LogP contribution in [0.2, 0.25) is 0 Å². The van der Waals surface area contributed by atoms with E-state index in [1.807, 2.05) is 0 Å². The van der Waals surface area contributed by atoms with Crippen LogP contribution < -0.4 is 5.69 Å². The molecular weight excluding hydrogens is 199 g/mol.